The number of nitrogens with one attached hydrogen (secondary N) is 1. The standard InChI is InChI=1S/C28H32N2O2/c1-18-10-12-20(13-11-18)27-23(17-29)28(21-8-6-5-7-9-21)30-19(2)26(27)22-14-15-24(31-3)25(16-22)32-4/h10-16,21,27,30H,5-9H2,1-4H3. The summed E-state index contributed by atoms with van der Waals surface area (Å²) in [6, 6.07) is 17.2. The van der Waals surface area contributed by atoms with E-state index >= 15 is 0 Å². The van der Waals surface area contributed by atoms with E-state index in [1.54, 1.807) is 14.2 Å². The van der Waals surface area contributed by atoms with Crippen molar-refractivity contribution in [2.75, 3.05) is 14.2 Å². The number of dihydropyridines is 1. The van der Waals surface area contributed by atoms with Crippen LogP contribution in [0.4, 0.5) is 0 Å². The minimum atomic E-state index is -0.114. The van der Waals surface area contributed by atoms with Crippen LogP contribution in [-0.4, -0.2) is 14.2 Å². The van der Waals surface area contributed by atoms with Gasteiger partial charge < -0.3 is 14.8 Å². The molecule has 1 aliphatic heterocycles. The van der Waals surface area contributed by atoms with E-state index in [-0.39, 0.29) is 5.92 Å². The van der Waals surface area contributed by atoms with Gasteiger partial charge in [-0.1, -0.05) is 55.2 Å². The molecule has 2 aromatic rings. The van der Waals surface area contributed by atoms with Crippen LogP contribution in [0.3, 0.4) is 0 Å². The number of ether oxygens (including phenoxy) is 2. The number of methoxy groups -OCH3 is 2. The second-order valence-corrected chi connectivity index (χ2v) is 8.85. The van der Waals surface area contributed by atoms with E-state index < -0.39 is 0 Å². The van der Waals surface area contributed by atoms with Crippen LogP contribution >= 0.6 is 0 Å². The Balaban J connectivity index is 1.88. The molecule has 2 aromatic carbocycles. The van der Waals surface area contributed by atoms with Gasteiger partial charge in [0.05, 0.1) is 25.9 Å². The summed E-state index contributed by atoms with van der Waals surface area (Å²) in [7, 11) is 3.30. The lowest BCUT2D eigenvalue weighted by atomic mass is 9.74. The first-order chi connectivity index (χ1) is 15.6. The minimum Gasteiger partial charge on any atom is -0.493 e. The van der Waals surface area contributed by atoms with Crippen molar-refractivity contribution in [2.45, 2.75) is 51.9 Å². The fraction of sp³-hybridized carbons (Fsp3) is 0.393. The Morgan fingerprint density at radius 2 is 1.59 bits per heavy atom. The summed E-state index contributed by atoms with van der Waals surface area (Å²) in [5, 5.41) is 14.1. The Morgan fingerprint density at radius 3 is 2.22 bits per heavy atom. The monoisotopic (exact) mass is 428 g/mol. The van der Waals surface area contributed by atoms with Crippen molar-refractivity contribution >= 4 is 5.57 Å². The van der Waals surface area contributed by atoms with E-state index in [1.807, 2.05) is 12.1 Å². The average Bonchev–Trinajstić information content (AvgIpc) is 2.84. The Bertz CT molecular complexity index is 1080. The number of hydrogen-bond donors (Lipinski definition) is 1. The molecule has 1 heterocycles. The number of hydrogen-bond acceptors (Lipinski definition) is 4. The van der Waals surface area contributed by atoms with Crippen LogP contribution in [0.15, 0.2) is 59.4 Å². The van der Waals surface area contributed by atoms with E-state index in [2.05, 4.69) is 55.6 Å². The van der Waals surface area contributed by atoms with E-state index in [9.17, 15) is 5.26 Å². The Kier molecular flexibility index (Phi) is 6.55. The molecule has 4 rings (SSSR count). The molecule has 2 aliphatic rings. The van der Waals surface area contributed by atoms with Crippen molar-refractivity contribution in [3.63, 3.8) is 0 Å². The highest BCUT2D eigenvalue weighted by molar-refractivity contribution is 5.81. The first-order valence-electron chi connectivity index (χ1n) is 11.5. The topological polar surface area (TPSA) is 54.3 Å². The molecule has 0 saturated heterocycles. The van der Waals surface area contributed by atoms with Gasteiger partial charge in [0.2, 0.25) is 0 Å². The van der Waals surface area contributed by atoms with Crippen LogP contribution in [0.2, 0.25) is 0 Å². The number of aryl methyl sites for hydroxylation is 1. The number of allylic oxidation sites excluding steroid dienone is 4. The number of nitrogens with zero attached hydrogens (tertiary/aromatic N) is 1. The van der Waals surface area contributed by atoms with E-state index in [0.717, 1.165) is 46.5 Å². The zero-order chi connectivity index (χ0) is 22.7. The molecule has 1 unspecified atom stereocenters. The summed E-state index contributed by atoms with van der Waals surface area (Å²) < 4.78 is 11.0. The second kappa shape index (κ2) is 9.53. The molecule has 0 aromatic heterocycles. The molecule has 0 bridgehead atoms. The maximum Gasteiger partial charge on any atom is 0.161 e. The van der Waals surface area contributed by atoms with Gasteiger partial charge in [0.15, 0.2) is 11.5 Å². The third kappa shape index (κ3) is 4.12. The van der Waals surface area contributed by atoms with Crippen LogP contribution in [-0.2, 0) is 0 Å². The summed E-state index contributed by atoms with van der Waals surface area (Å²) in [6.45, 7) is 4.22. The molecule has 32 heavy (non-hydrogen) atoms. The number of nitriles is 1. The lowest BCUT2D eigenvalue weighted by Gasteiger charge is -2.35. The van der Waals surface area contributed by atoms with Crippen molar-refractivity contribution in [2.24, 2.45) is 5.92 Å². The van der Waals surface area contributed by atoms with Crippen LogP contribution in [0.1, 0.15) is 61.6 Å². The summed E-state index contributed by atoms with van der Waals surface area (Å²) in [5.74, 6) is 1.70. The third-order valence-electron chi connectivity index (χ3n) is 6.83. The van der Waals surface area contributed by atoms with Crippen LogP contribution in [0, 0.1) is 24.2 Å². The third-order valence-corrected chi connectivity index (χ3v) is 6.83. The zero-order valence-corrected chi connectivity index (χ0v) is 19.5. The van der Waals surface area contributed by atoms with Gasteiger partial charge in [-0.2, -0.15) is 5.26 Å². The fourth-order valence-corrected chi connectivity index (χ4v) is 5.17. The SMILES string of the molecule is COc1ccc(C2=C(C)NC(C3CCCCC3)=C(C#N)C2c2ccc(C)cc2)cc1OC. The summed E-state index contributed by atoms with van der Waals surface area (Å²) in [4.78, 5) is 0. The molecule has 1 aliphatic carbocycles. The van der Waals surface area contributed by atoms with Crippen LogP contribution in [0.5, 0.6) is 11.5 Å². The van der Waals surface area contributed by atoms with Gasteiger partial charge in [-0.25, -0.2) is 0 Å². The normalized spacial score (nSPS) is 19.4. The molecule has 1 saturated carbocycles. The van der Waals surface area contributed by atoms with E-state index in [4.69, 9.17) is 9.47 Å². The second-order valence-electron chi connectivity index (χ2n) is 8.85. The maximum atomic E-state index is 10.4. The molecule has 4 nitrogen and oxygen atoms in total. The van der Waals surface area contributed by atoms with Gasteiger partial charge in [-0.3, -0.25) is 0 Å². The molecule has 1 atom stereocenters. The molecule has 166 valence electrons. The first kappa shape index (κ1) is 22.0. The Hall–Kier alpha value is -3.19. The minimum absolute atomic E-state index is 0.114. The van der Waals surface area contributed by atoms with Gasteiger partial charge in [-0.15, -0.1) is 0 Å². The number of benzene rings is 2. The van der Waals surface area contributed by atoms with Crippen LogP contribution < -0.4 is 14.8 Å². The zero-order valence-electron chi connectivity index (χ0n) is 19.5. The molecular formula is C28H32N2O2. The lowest BCUT2D eigenvalue weighted by Crippen LogP contribution is -2.30. The van der Waals surface area contributed by atoms with Gasteiger partial charge in [0, 0.05) is 23.2 Å². The molecular weight excluding hydrogens is 396 g/mol. The molecule has 0 spiro atoms. The van der Waals surface area contributed by atoms with Gasteiger partial charge in [0.1, 0.15) is 0 Å². The summed E-state index contributed by atoms with van der Waals surface area (Å²) >= 11 is 0. The molecule has 0 amide bonds. The predicted octanol–water partition coefficient (Wildman–Crippen LogP) is 6.49. The molecule has 1 fully saturated rings. The van der Waals surface area contributed by atoms with Crippen LogP contribution in [0.25, 0.3) is 5.57 Å². The smallest absolute Gasteiger partial charge is 0.161 e. The summed E-state index contributed by atoms with van der Waals surface area (Å²) in [6.07, 6.45) is 6.04. The Labute approximate surface area is 191 Å². The highest BCUT2D eigenvalue weighted by Gasteiger charge is 2.34. The van der Waals surface area contributed by atoms with Gasteiger partial charge in [-0.05, 0) is 55.5 Å². The largest absolute Gasteiger partial charge is 0.493 e. The van der Waals surface area contributed by atoms with Gasteiger partial charge >= 0.3 is 0 Å². The number of rotatable bonds is 5. The predicted molar refractivity (Wildman–Crippen MR) is 128 cm³/mol. The molecule has 0 radical (unpaired) electrons. The molecule has 1 N–H and O–H groups in total. The fourth-order valence-electron chi connectivity index (χ4n) is 5.17. The van der Waals surface area contributed by atoms with E-state index in [0.29, 0.717) is 17.4 Å². The molecule has 4 heteroatoms. The highest BCUT2D eigenvalue weighted by Crippen LogP contribution is 2.47. The van der Waals surface area contributed by atoms with Crippen molar-refractivity contribution in [1.29, 1.82) is 5.26 Å². The first-order valence-corrected chi connectivity index (χ1v) is 11.5. The van der Waals surface area contributed by atoms with Crippen molar-refractivity contribution < 1.29 is 9.47 Å². The summed E-state index contributed by atoms with van der Waals surface area (Å²) in [5.41, 5.74) is 7.58. The quantitative estimate of drug-likeness (QED) is 0.591. The lowest BCUT2D eigenvalue weighted by molar-refractivity contribution is 0.355. The van der Waals surface area contributed by atoms with Crippen molar-refractivity contribution in [1.82, 2.24) is 5.32 Å². The van der Waals surface area contributed by atoms with Crippen molar-refractivity contribution in [3.8, 4) is 17.6 Å². The average molecular weight is 429 g/mol. The highest BCUT2D eigenvalue weighted by atomic mass is 16.5. The maximum absolute atomic E-state index is 10.4. The Morgan fingerprint density at radius 1 is 0.906 bits per heavy atom. The van der Waals surface area contributed by atoms with Gasteiger partial charge in [0.25, 0.3) is 0 Å². The van der Waals surface area contributed by atoms with Crippen molar-refractivity contribution in [3.05, 3.63) is 76.1 Å². The van der Waals surface area contributed by atoms with E-state index in [1.165, 1.54) is 24.8 Å².